The lowest BCUT2D eigenvalue weighted by Crippen LogP contribution is -2.45. The van der Waals surface area contributed by atoms with Gasteiger partial charge in [0.25, 0.3) is 0 Å². The summed E-state index contributed by atoms with van der Waals surface area (Å²) in [6.07, 6.45) is 1.65. The van der Waals surface area contributed by atoms with E-state index in [1.165, 1.54) is 0 Å². The van der Waals surface area contributed by atoms with Crippen molar-refractivity contribution in [2.45, 2.75) is 0 Å². The molecule has 1 aromatic carbocycles. The lowest BCUT2D eigenvalue weighted by Gasteiger charge is -2.28. The molecule has 4 rings (SSSR count). The highest BCUT2D eigenvalue weighted by Gasteiger charge is 2.23. The maximum atomic E-state index is 12.4. The van der Waals surface area contributed by atoms with Crippen LogP contribution in [0.5, 0.6) is 0 Å². The van der Waals surface area contributed by atoms with Gasteiger partial charge in [0.1, 0.15) is 11.5 Å². The van der Waals surface area contributed by atoms with E-state index in [0.717, 1.165) is 32.0 Å². The molecule has 0 spiro atoms. The Morgan fingerprint density at radius 3 is 2.60 bits per heavy atom. The minimum Gasteiger partial charge on any atom is -0.739 e. The van der Waals surface area contributed by atoms with Crippen molar-refractivity contribution < 1.29 is 14.8 Å². The Labute approximate surface area is 143 Å². The predicted octanol–water partition coefficient (Wildman–Crippen LogP) is -0.0588. The topological polar surface area (TPSA) is 104 Å². The van der Waals surface area contributed by atoms with Crippen LogP contribution in [0, 0.1) is 5.21 Å². The molecule has 1 aliphatic heterocycles. The molecule has 0 aliphatic carbocycles. The Morgan fingerprint density at radius 2 is 1.88 bits per heavy atom. The van der Waals surface area contributed by atoms with Crippen LogP contribution in [0.1, 0.15) is 0 Å². The highest BCUT2D eigenvalue weighted by Crippen LogP contribution is 2.17. The molecule has 0 saturated carbocycles. The second-order valence-corrected chi connectivity index (χ2v) is 5.76. The minimum absolute atomic E-state index is 0.0297. The van der Waals surface area contributed by atoms with E-state index in [9.17, 15) is 10.4 Å². The summed E-state index contributed by atoms with van der Waals surface area (Å²) in [7, 11) is 0. The molecule has 1 aliphatic rings. The van der Waals surface area contributed by atoms with Crippen molar-refractivity contribution in [1.82, 2.24) is 15.4 Å². The predicted molar refractivity (Wildman–Crippen MR) is 90.7 cm³/mol. The average molecular weight is 340 g/mol. The van der Waals surface area contributed by atoms with Crippen LogP contribution >= 0.6 is 0 Å². The molecule has 2 aromatic heterocycles. The Balaban J connectivity index is 1.60. The van der Waals surface area contributed by atoms with Gasteiger partial charge in [-0.05, 0) is 18.2 Å². The molecule has 128 valence electrons. The van der Waals surface area contributed by atoms with E-state index in [-0.39, 0.29) is 5.95 Å². The number of piperazine rings is 1. The van der Waals surface area contributed by atoms with E-state index in [2.05, 4.69) is 25.6 Å². The summed E-state index contributed by atoms with van der Waals surface area (Å²) in [5.41, 5.74) is 1.26. The number of hydrogen-bond acceptors (Lipinski definition) is 7. The van der Waals surface area contributed by atoms with Crippen molar-refractivity contribution in [3.05, 3.63) is 47.8 Å². The lowest BCUT2D eigenvalue weighted by atomic mass is 10.3. The number of anilines is 3. The molecule has 0 unspecified atom stereocenters. The number of nitrogens with one attached hydrogen (secondary N) is 2. The van der Waals surface area contributed by atoms with Crippen LogP contribution in [-0.4, -0.2) is 41.5 Å². The van der Waals surface area contributed by atoms with Crippen molar-refractivity contribution >= 4 is 28.5 Å². The van der Waals surface area contributed by atoms with Crippen molar-refractivity contribution in [3.8, 4) is 0 Å². The van der Waals surface area contributed by atoms with Gasteiger partial charge >= 0.3 is 11.5 Å². The molecule has 25 heavy (non-hydrogen) atoms. The first-order chi connectivity index (χ1) is 12.2. The number of rotatable bonds is 3. The quantitative estimate of drug-likeness (QED) is 0.349. The number of benzene rings is 1. The molecule has 0 amide bonds. The molecule has 3 N–H and O–H groups in total. The number of pyridine rings is 1. The van der Waals surface area contributed by atoms with Crippen LogP contribution in [0.15, 0.2) is 42.6 Å². The molecule has 3 heterocycles. The van der Waals surface area contributed by atoms with E-state index in [4.69, 9.17) is 0 Å². The highest BCUT2D eigenvalue weighted by molar-refractivity contribution is 5.67. The third-order valence-corrected chi connectivity index (χ3v) is 4.14. The van der Waals surface area contributed by atoms with E-state index < -0.39 is 0 Å². The maximum Gasteiger partial charge on any atom is 0.469 e. The van der Waals surface area contributed by atoms with Gasteiger partial charge in [0.05, 0.1) is 6.20 Å². The fourth-order valence-corrected chi connectivity index (χ4v) is 2.85. The van der Waals surface area contributed by atoms with Gasteiger partial charge in [-0.2, -0.15) is 0 Å². The van der Waals surface area contributed by atoms with Gasteiger partial charge in [-0.1, -0.05) is 12.1 Å². The number of nitrogens with zero attached hydrogens (tertiary/aromatic N) is 5. The molecule has 0 atom stereocenters. The van der Waals surface area contributed by atoms with Gasteiger partial charge in [-0.25, -0.2) is 20.2 Å². The first-order valence-corrected chi connectivity index (χ1v) is 8.05. The van der Waals surface area contributed by atoms with Crippen LogP contribution in [0.2, 0.25) is 0 Å². The molecule has 9 nitrogen and oxygen atoms in total. The van der Waals surface area contributed by atoms with Crippen LogP contribution < -0.4 is 25.1 Å². The normalized spacial score (nSPS) is 14.6. The monoisotopic (exact) mass is 340 g/mol. The molecule has 9 heteroatoms. The summed E-state index contributed by atoms with van der Waals surface area (Å²) in [6, 6.07) is 10.4. The SMILES string of the molecule is [O-][n+]1c(Nc2ccc(N3CCNCC3)nc2)n[n+](O)c2ccccc21. The smallest absolute Gasteiger partial charge is 0.469 e. The first-order valence-electron chi connectivity index (χ1n) is 8.05. The van der Waals surface area contributed by atoms with Crippen LogP contribution in [0.4, 0.5) is 17.5 Å². The van der Waals surface area contributed by atoms with Gasteiger partial charge < -0.3 is 15.4 Å². The second kappa shape index (κ2) is 6.36. The van der Waals surface area contributed by atoms with E-state index >= 15 is 0 Å². The molecule has 0 radical (unpaired) electrons. The number of aromatic nitrogens is 4. The Bertz CT molecular complexity index is 895. The third-order valence-electron chi connectivity index (χ3n) is 4.14. The molecule has 3 aromatic rings. The Morgan fingerprint density at radius 1 is 1.12 bits per heavy atom. The number of hydrogen-bond donors (Lipinski definition) is 3. The summed E-state index contributed by atoms with van der Waals surface area (Å²) in [5, 5.41) is 32.5. The van der Waals surface area contributed by atoms with Crippen molar-refractivity contribution in [2.75, 3.05) is 36.4 Å². The Hall–Kier alpha value is -3.20. The number of fused-ring (bicyclic) bond motifs is 1. The van der Waals surface area contributed by atoms with Gasteiger partial charge in [0.15, 0.2) is 5.52 Å². The van der Waals surface area contributed by atoms with Crippen LogP contribution in [0.25, 0.3) is 11.0 Å². The summed E-state index contributed by atoms with van der Waals surface area (Å²) in [4.78, 5) is 7.33. The van der Waals surface area contributed by atoms with Crippen LogP contribution in [-0.2, 0) is 0 Å². The van der Waals surface area contributed by atoms with Crippen molar-refractivity contribution in [2.24, 2.45) is 0 Å². The van der Waals surface area contributed by atoms with Crippen LogP contribution in [0.3, 0.4) is 0 Å². The third kappa shape index (κ3) is 2.96. The van der Waals surface area contributed by atoms with E-state index in [0.29, 0.717) is 26.3 Å². The fourth-order valence-electron chi connectivity index (χ4n) is 2.85. The fraction of sp³-hybridized carbons (Fsp3) is 0.250. The van der Waals surface area contributed by atoms with E-state index in [1.807, 2.05) is 12.1 Å². The van der Waals surface area contributed by atoms with Crippen molar-refractivity contribution in [3.63, 3.8) is 0 Å². The standard InChI is InChI=1S/C16H18N7O2/c24-22-13-3-1-2-4-14(13)23(25)20-16(22)19-12-5-6-15(18-11-12)21-9-7-17-8-10-21/h1-6,11,17H,7-10H2,(H2,19,20,25)/q+1. The zero-order chi connectivity index (χ0) is 17.2. The maximum absolute atomic E-state index is 12.4. The van der Waals surface area contributed by atoms with Gasteiger partial charge in [-0.3, -0.25) is 0 Å². The summed E-state index contributed by atoms with van der Waals surface area (Å²) in [5.74, 6) is 0.865. The molecular weight excluding hydrogens is 322 g/mol. The summed E-state index contributed by atoms with van der Waals surface area (Å²) in [6.45, 7) is 3.71. The minimum atomic E-state index is -0.0297. The van der Waals surface area contributed by atoms with Crippen molar-refractivity contribution in [1.29, 1.82) is 0 Å². The summed E-state index contributed by atoms with van der Waals surface area (Å²) >= 11 is 0. The zero-order valence-corrected chi connectivity index (χ0v) is 13.5. The number of para-hydroxylation sites is 2. The highest BCUT2D eigenvalue weighted by atomic mass is 16.5. The summed E-state index contributed by atoms with van der Waals surface area (Å²) < 4.78 is 0.645. The Kier molecular flexibility index (Phi) is 3.90. The first kappa shape index (κ1) is 15.3. The average Bonchev–Trinajstić information content (AvgIpc) is 2.67. The molecule has 1 saturated heterocycles. The van der Waals surface area contributed by atoms with Gasteiger partial charge in [-0.15, -0.1) is 0 Å². The molecule has 0 bridgehead atoms. The zero-order valence-electron chi connectivity index (χ0n) is 13.5. The lowest BCUT2D eigenvalue weighted by molar-refractivity contribution is -0.933. The molecule has 1 fully saturated rings. The largest absolute Gasteiger partial charge is 0.739 e. The second-order valence-electron chi connectivity index (χ2n) is 5.76. The van der Waals surface area contributed by atoms with Gasteiger partial charge in [0, 0.05) is 32.2 Å². The van der Waals surface area contributed by atoms with Gasteiger partial charge in [0.2, 0.25) is 9.94 Å². The van der Waals surface area contributed by atoms with E-state index in [1.54, 1.807) is 30.5 Å². The molecular formula is C16H18N7O2+.